The van der Waals surface area contributed by atoms with Gasteiger partial charge in [0.1, 0.15) is 0 Å². The van der Waals surface area contributed by atoms with E-state index in [1.165, 1.54) is 0 Å². The fourth-order valence-corrected chi connectivity index (χ4v) is 2.72. The zero-order chi connectivity index (χ0) is 17.8. The van der Waals surface area contributed by atoms with E-state index in [9.17, 15) is 23.1 Å². The number of benzene rings is 1. The smallest absolute Gasteiger partial charge is 0.362 e. The van der Waals surface area contributed by atoms with Gasteiger partial charge in [0, 0.05) is 18.6 Å². The molecule has 1 aromatic carbocycles. The topological polar surface area (TPSA) is 52.9 Å². The van der Waals surface area contributed by atoms with E-state index in [-0.39, 0.29) is 17.1 Å². The van der Waals surface area contributed by atoms with Gasteiger partial charge in [-0.15, -0.1) is 0 Å². The second-order valence-electron chi connectivity index (χ2n) is 5.95. The van der Waals surface area contributed by atoms with Crippen molar-refractivity contribution in [3.8, 4) is 0 Å². The van der Waals surface area contributed by atoms with Crippen LogP contribution >= 0.6 is 0 Å². The third-order valence-corrected chi connectivity index (χ3v) is 3.97. The molecule has 2 rings (SSSR count). The minimum atomic E-state index is -4.94. The average Bonchev–Trinajstić information content (AvgIpc) is 2.86. The minimum Gasteiger partial charge on any atom is -0.362 e. The molecule has 0 saturated heterocycles. The summed E-state index contributed by atoms with van der Waals surface area (Å²) in [6.07, 6.45) is -3.82. The van der Waals surface area contributed by atoms with Crippen LogP contribution in [-0.4, -0.2) is 33.6 Å². The number of nitrogens with zero attached hydrogens (tertiary/aromatic N) is 2. The van der Waals surface area contributed by atoms with Crippen molar-refractivity contribution in [1.82, 2.24) is 5.01 Å². The van der Waals surface area contributed by atoms with Gasteiger partial charge in [-0.2, -0.15) is 23.3 Å². The van der Waals surface area contributed by atoms with Gasteiger partial charge in [0.25, 0.3) is 5.72 Å². The van der Waals surface area contributed by atoms with Crippen LogP contribution in [0.15, 0.2) is 35.4 Å². The first-order valence-corrected chi connectivity index (χ1v) is 8.00. The zero-order valence-electron chi connectivity index (χ0n) is 13.5. The van der Waals surface area contributed by atoms with Gasteiger partial charge in [0.15, 0.2) is 0 Å². The SMILES string of the molecule is CCCC1=NN(C(=O)CCCc2ccccc2)C(O)(C(F)(F)F)C1. The Morgan fingerprint density at radius 3 is 2.54 bits per heavy atom. The van der Waals surface area contributed by atoms with Gasteiger partial charge < -0.3 is 5.11 Å². The third kappa shape index (κ3) is 3.95. The van der Waals surface area contributed by atoms with Crippen LogP contribution in [-0.2, 0) is 11.2 Å². The average molecular weight is 342 g/mol. The Balaban J connectivity index is 2.04. The Labute approximate surface area is 139 Å². The molecule has 0 radical (unpaired) electrons. The van der Waals surface area contributed by atoms with Gasteiger partial charge >= 0.3 is 6.18 Å². The van der Waals surface area contributed by atoms with Crippen molar-refractivity contribution in [1.29, 1.82) is 0 Å². The van der Waals surface area contributed by atoms with Gasteiger partial charge in [-0.25, -0.2) is 0 Å². The lowest BCUT2D eigenvalue weighted by Gasteiger charge is -2.32. The monoisotopic (exact) mass is 342 g/mol. The molecule has 7 heteroatoms. The standard InChI is InChI=1S/C17H21F3N2O2/c1-2-7-14-12-16(24,17(18,19)20)22(21-14)15(23)11-6-10-13-8-4-3-5-9-13/h3-5,8-9,24H,2,6-7,10-12H2,1H3. The highest BCUT2D eigenvalue weighted by Gasteiger charge is 2.62. The molecule has 1 aliphatic rings. The third-order valence-electron chi connectivity index (χ3n) is 3.97. The van der Waals surface area contributed by atoms with Crippen LogP contribution in [0.5, 0.6) is 0 Å². The number of halogens is 3. The van der Waals surface area contributed by atoms with E-state index in [2.05, 4.69) is 5.10 Å². The highest BCUT2D eigenvalue weighted by Crippen LogP contribution is 2.41. The van der Waals surface area contributed by atoms with Crippen LogP contribution in [0.4, 0.5) is 13.2 Å². The Morgan fingerprint density at radius 2 is 1.96 bits per heavy atom. The summed E-state index contributed by atoms with van der Waals surface area (Å²) in [5.41, 5.74) is -2.01. The van der Waals surface area contributed by atoms with E-state index in [4.69, 9.17) is 0 Å². The summed E-state index contributed by atoms with van der Waals surface area (Å²) in [4.78, 5) is 12.2. The number of aryl methyl sites for hydroxylation is 1. The predicted molar refractivity (Wildman–Crippen MR) is 84.2 cm³/mol. The summed E-state index contributed by atoms with van der Waals surface area (Å²) in [5, 5.41) is 14.0. The summed E-state index contributed by atoms with van der Waals surface area (Å²) in [5.74, 6) is -0.808. The van der Waals surface area contributed by atoms with E-state index in [0.717, 1.165) is 5.56 Å². The summed E-state index contributed by atoms with van der Waals surface area (Å²) >= 11 is 0. The van der Waals surface area contributed by atoms with Gasteiger partial charge in [-0.05, 0) is 24.8 Å². The quantitative estimate of drug-likeness (QED) is 0.858. The summed E-state index contributed by atoms with van der Waals surface area (Å²) < 4.78 is 39.7. The number of rotatable bonds is 6. The number of amides is 1. The van der Waals surface area contributed by atoms with Gasteiger partial charge in [0.2, 0.25) is 5.91 Å². The van der Waals surface area contributed by atoms with E-state index in [1.54, 1.807) is 6.92 Å². The zero-order valence-corrected chi connectivity index (χ0v) is 13.5. The van der Waals surface area contributed by atoms with Crippen LogP contribution in [0.3, 0.4) is 0 Å². The Morgan fingerprint density at radius 1 is 1.29 bits per heavy atom. The molecule has 0 spiro atoms. The molecule has 1 atom stereocenters. The number of carbonyl (C=O) groups excluding carboxylic acids is 1. The van der Waals surface area contributed by atoms with E-state index >= 15 is 0 Å². The molecule has 132 valence electrons. The van der Waals surface area contributed by atoms with Crippen LogP contribution in [0, 0.1) is 0 Å². The second-order valence-corrected chi connectivity index (χ2v) is 5.95. The van der Waals surface area contributed by atoms with Crippen molar-refractivity contribution < 1.29 is 23.1 Å². The molecule has 0 aliphatic carbocycles. The van der Waals surface area contributed by atoms with Crippen molar-refractivity contribution in [2.75, 3.05) is 0 Å². The largest absolute Gasteiger partial charge is 0.438 e. The molecule has 1 amide bonds. The Kier molecular flexibility index (Phi) is 5.64. The lowest BCUT2D eigenvalue weighted by Crippen LogP contribution is -2.56. The maximum atomic E-state index is 13.2. The molecule has 1 N–H and O–H groups in total. The lowest BCUT2D eigenvalue weighted by molar-refractivity contribution is -0.302. The lowest BCUT2D eigenvalue weighted by atomic mass is 10.0. The summed E-state index contributed by atoms with van der Waals surface area (Å²) in [7, 11) is 0. The Bertz CT molecular complexity index is 602. The fourth-order valence-electron chi connectivity index (χ4n) is 2.72. The molecule has 24 heavy (non-hydrogen) atoms. The van der Waals surface area contributed by atoms with E-state index in [1.807, 2.05) is 30.3 Å². The highest BCUT2D eigenvalue weighted by atomic mass is 19.4. The second kappa shape index (κ2) is 7.34. The van der Waals surface area contributed by atoms with E-state index < -0.39 is 24.2 Å². The summed E-state index contributed by atoms with van der Waals surface area (Å²) in [6.45, 7) is 1.81. The first kappa shape index (κ1) is 18.4. The number of hydrogen-bond acceptors (Lipinski definition) is 3. The molecule has 1 aromatic rings. The number of aliphatic hydroxyl groups is 1. The molecule has 0 aromatic heterocycles. The molecule has 1 unspecified atom stereocenters. The fraction of sp³-hybridized carbons (Fsp3) is 0.529. The molecule has 0 saturated carbocycles. The van der Waals surface area contributed by atoms with Gasteiger partial charge in [0.05, 0.1) is 0 Å². The number of alkyl halides is 3. The normalized spacial score (nSPS) is 21.0. The molecule has 0 bridgehead atoms. The van der Waals surface area contributed by atoms with Gasteiger partial charge in [-0.3, -0.25) is 4.79 Å². The molecule has 1 heterocycles. The first-order valence-electron chi connectivity index (χ1n) is 8.00. The molecular formula is C17H21F3N2O2. The van der Waals surface area contributed by atoms with Crippen molar-refractivity contribution in [3.63, 3.8) is 0 Å². The summed E-state index contributed by atoms with van der Waals surface area (Å²) in [6, 6.07) is 9.38. The maximum Gasteiger partial charge on any atom is 0.438 e. The molecule has 4 nitrogen and oxygen atoms in total. The van der Waals surface area contributed by atoms with Crippen molar-refractivity contribution >= 4 is 11.6 Å². The van der Waals surface area contributed by atoms with E-state index in [0.29, 0.717) is 25.7 Å². The van der Waals surface area contributed by atoms with Gasteiger partial charge in [-0.1, -0.05) is 43.7 Å². The Hall–Kier alpha value is -1.89. The number of hydrogen-bond donors (Lipinski definition) is 1. The van der Waals surface area contributed by atoms with Crippen molar-refractivity contribution in [3.05, 3.63) is 35.9 Å². The number of carbonyl (C=O) groups is 1. The van der Waals surface area contributed by atoms with Crippen LogP contribution in [0.1, 0.15) is 44.6 Å². The molecule has 1 aliphatic heterocycles. The minimum absolute atomic E-state index is 0.101. The van der Waals surface area contributed by atoms with Crippen LogP contribution in [0.2, 0.25) is 0 Å². The number of hydrazone groups is 1. The first-order chi connectivity index (χ1) is 11.3. The highest BCUT2D eigenvalue weighted by molar-refractivity contribution is 5.90. The molecular weight excluding hydrogens is 321 g/mol. The van der Waals surface area contributed by atoms with Crippen molar-refractivity contribution in [2.45, 2.75) is 57.3 Å². The predicted octanol–water partition coefficient (Wildman–Crippen LogP) is 3.65. The maximum absolute atomic E-state index is 13.2. The van der Waals surface area contributed by atoms with Crippen LogP contribution < -0.4 is 0 Å². The van der Waals surface area contributed by atoms with Crippen LogP contribution in [0.25, 0.3) is 0 Å². The van der Waals surface area contributed by atoms with Crippen molar-refractivity contribution in [2.24, 2.45) is 5.10 Å². The molecule has 0 fully saturated rings.